The highest BCUT2D eigenvalue weighted by Crippen LogP contribution is 2.32. The first-order valence-corrected chi connectivity index (χ1v) is 6.20. The molecule has 114 valence electrons. The van der Waals surface area contributed by atoms with E-state index in [-0.39, 0.29) is 17.5 Å². The number of halogens is 3. The first-order chi connectivity index (χ1) is 10.5. The third-order valence-corrected chi connectivity index (χ3v) is 2.82. The van der Waals surface area contributed by atoms with Crippen molar-refractivity contribution in [1.29, 1.82) is 0 Å². The summed E-state index contributed by atoms with van der Waals surface area (Å²) in [5.41, 5.74) is 0. The SMILES string of the molecule is FC(F)(F)C(Cc1nc(-c2ncccn2)no1)n1cccn1. The van der Waals surface area contributed by atoms with Gasteiger partial charge in [0.25, 0.3) is 0 Å². The zero-order valence-electron chi connectivity index (χ0n) is 11.0. The summed E-state index contributed by atoms with van der Waals surface area (Å²) in [6, 6.07) is 1.13. The van der Waals surface area contributed by atoms with Gasteiger partial charge in [-0.15, -0.1) is 0 Å². The van der Waals surface area contributed by atoms with Crippen molar-refractivity contribution >= 4 is 0 Å². The first-order valence-electron chi connectivity index (χ1n) is 6.20. The van der Waals surface area contributed by atoms with Crippen molar-refractivity contribution in [3.63, 3.8) is 0 Å². The number of alkyl halides is 3. The van der Waals surface area contributed by atoms with Crippen LogP contribution >= 0.6 is 0 Å². The molecule has 1 atom stereocenters. The van der Waals surface area contributed by atoms with E-state index in [0.717, 1.165) is 4.68 Å². The summed E-state index contributed by atoms with van der Waals surface area (Å²) in [6.45, 7) is 0. The average Bonchev–Trinajstić information content (AvgIpc) is 3.16. The molecule has 0 spiro atoms. The smallest absolute Gasteiger partial charge is 0.339 e. The van der Waals surface area contributed by atoms with Crippen LogP contribution in [0.5, 0.6) is 0 Å². The Morgan fingerprint density at radius 2 is 1.86 bits per heavy atom. The topological polar surface area (TPSA) is 82.5 Å². The maximum Gasteiger partial charge on any atom is 0.411 e. The number of nitrogens with zero attached hydrogens (tertiary/aromatic N) is 6. The Morgan fingerprint density at radius 1 is 1.09 bits per heavy atom. The first kappa shape index (κ1) is 14.2. The Morgan fingerprint density at radius 3 is 2.50 bits per heavy atom. The van der Waals surface area contributed by atoms with Crippen molar-refractivity contribution in [3.8, 4) is 11.6 Å². The molecular formula is C12H9F3N6O. The lowest BCUT2D eigenvalue weighted by Gasteiger charge is -2.18. The maximum atomic E-state index is 13.1. The Bertz CT molecular complexity index is 725. The normalized spacial score (nSPS) is 13.2. The highest BCUT2D eigenvalue weighted by atomic mass is 19.4. The summed E-state index contributed by atoms with van der Waals surface area (Å²) in [5, 5.41) is 7.22. The zero-order chi connectivity index (χ0) is 15.6. The lowest BCUT2D eigenvalue weighted by atomic mass is 10.2. The van der Waals surface area contributed by atoms with E-state index in [1.807, 2.05) is 0 Å². The molecule has 10 heteroatoms. The minimum absolute atomic E-state index is 0.0389. The third-order valence-electron chi connectivity index (χ3n) is 2.82. The van der Waals surface area contributed by atoms with Crippen LogP contribution < -0.4 is 0 Å². The molecule has 3 aromatic heterocycles. The van der Waals surface area contributed by atoms with E-state index < -0.39 is 18.6 Å². The molecule has 0 radical (unpaired) electrons. The molecule has 0 aliphatic carbocycles. The van der Waals surface area contributed by atoms with Crippen LogP contribution in [0.1, 0.15) is 11.9 Å². The van der Waals surface area contributed by atoms with E-state index >= 15 is 0 Å². The van der Waals surface area contributed by atoms with E-state index in [1.165, 1.54) is 30.9 Å². The molecule has 3 aromatic rings. The molecule has 3 heterocycles. The van der Waals surface area contributed by atoms with Gasteiger partial charge < -0.3 is 4.52 Å². The van der Waals surface area contributed by atoms with Crippen molar-refractivity contribution in [2.24, 2.45) is 0 Å². The fourth-order valence-corrected chi connectivity index (χ4v) is 1.83. The monoisotopic (exact) mass is 310 g/mol. The Hall–Kier alpha value is -2.78. The van der Waals surface area contributed by atoms with Gasteiger partial charge in [0.05, 0.1) is 6.42 Å². The highest BCUT2D eigenvalue weighted by Gasteiger charge is 2.42. The molecule has 1 unspecified atom stereocenters. The molecule has 0 saturated heterocycles. The molecule has 0 fully saturated rings. The molecule has 0 aliphatic heterocycles. The van der Waals surface area contributed by atoms with Crippen LogP contribution in [0.4, 0.5) is 13.2 Å². The van der Waals surface area contributed by atoms with Gasteiger partial charge in [-0.05, 0) is 12.1 Å². The van der Waals surface area contributed by atoms with Gasteiger partial charge >= 0.3 is 6.18 Å². The standard InChI is InChI=1S/C12H9F3N6O/c13-12(14,15)8(21-6-2-5-18-21)7-9-19-11(20-22-9)10-16-3-1-4-17-10/h1-6,8H,7H2. The molecule has 0 amide bonds. The molecule has 7 nitrogen and oxygen atoms in total. The van der Waals surface area contributed by atoms with Gasteiger partial charge in [-0.25, -0.2) is 9.97 Å². The largest absolute Gasteiger partial charge is 0.411 e. The highest BCUT2D eigenvalue weighted by molar-refractivity contribution is 5.40. The second kappa shape index (κ2) is 5.54. The molecule has 3 rings (SSSR count). The molecule has 0 aliphatic rings. The molecular weight excluding hydrogens is 301 g/mol. The van der Waals surface area contributed by atoms with E-state index in [2.05, 4.69) is 25.2 Å². The Kier molecular flexibility index (Phi) is 3.57. The number of rotatable bonds is 4. The minimum Gasteiger partial charge on any atom is -0.339 e. The Labute approximate surface area is 121 Å². The van der Waals surface area contributed by atoms with Crippen LogP contribution in [0.25, 0.3) is 11.6 Å². The van der Waals surface area contributed by atoms with Crippen LogP contribution in [-0.4, -0.2) is 36.1 Å². The number of hydrogen-bond acceptors (Lipinski definition) is 6. The van der Waals surface area contributed by atoms with Gasteiger partial charge in [-0.3, -0.25) is 4.68 Å². The van der Waals surface area contributed by atoms with Gasteiger partial charge in [0.15, 0.2) is 6.04 Å². The summed E-state index contributed by atoms with van der Waals surface area (Å²) < 4.78 is 45.0. The van der Waals surface area contributed by atoms with E-state index in [0.29, 0.717) is 0 Å². The van der Waals surface area contributed by atoms with Gasteiger partial charge in [0.1, 0.15) is 0 Å². The second-order valence-corrected chi connectivity index (χ2v) is 4.33. The lowest BCUT2D eigenvalue weighted by molar-refractivity contribution is -0.171. The van der Waals surface area contributed by atoms with Crippen molar-refractivity contribution in [1.82, 2.24) is 29.9 Å². The van der Waals surface area contributed by atoms with Crippen LogP contribution in [0.3, 0.4) is 0 Å². The number of hydrogen-bond donors (Lipinski definition) is 0. The van der Waals surface area contributed by atoms with Gasteiger partial charge in [0.2, 0.25) is 17.5 Å². The summed E-state index contributed by atoms with van der Waals surface area (Å²) in [7, 11) is 0. The van der Waals surface area contributed by atoms with Crippen LogP contribution in [0, 0.1) is 0 Å². The molecule has 0 aromatic carbocycles. The van der Waals surface area contributed by atoms with Gasteiger partial charge in [-0.1, -0.05) is 5.16 Å². The molecule has 0 N–H and O–H groups in total. The Balaban J connectivity index is 1.84. The fraction of sp³-hybridized carbons (Fsp3) is 0.250. The van der Waals surface area contributed by atoms with Crippen LogP contribution in [0.15, 0.2) is 41.4 Å². The van der Waals surface area contributed by atoms with Crippen molar-refractivity contribution in [3.05, 3.63) is 42.8 Å². The van der Waals surface area contributed by atoms with E-state index in [1.54, 1.807) is 6.07 Å². The molecule has 0 bridgehead atoms. The van der Waals surface area contributed by atoms with Crippen LogP contribution in [-0.2, 0) is 6.42 Å². The summed E-state index contributed by atoms with van der Waals surface area (Å²) in [4.78, 5) is 11.7. The van der Waals surface area contributed by atoms with Crippen molar-refractivity contribution in [2.75, 3.05) is 0 Å². The van der Waals surface area contributed by atoms with Gasteiger partial charge in [0, 0.05) is 24.8 Å². The predicted octanol–water partition coefficient (Wildman–Crippen LogP) is 2.07. The molecule has 0 saturated carbocycles. The fourth-order valence-electron chi connectivity index (χ4n) is 1.83. The zero-order valence-corrected chi connectivity index (χ0v) is 11.0. The quantitative estimate of drug-likeness (QED) is 0.733. The van der Waals surface area contributed by atoms with Crippen molar-refractivity contribution < 1.29 is 17.7 Å². The van der Waals surface area contributed by atoms with Gasteiger partial charge in [-0.2, -0.15) is 23.3 Å². The van der Waals surface area contributed by atoms with E-state index in [4.69, 9.17) is 4.52 Å². The lowest BCUT2D eigenvalue weighted by Crippen LogP contribution is -2.29. The van der Waals surface area contributed by atoms with Crippen LogP contribution in [0.2, 0.25) is 0 Å². The summed E-state index contributed by atoms with van der Waals surface area (Å²) >= 11 is 0. The summed E-state index contributed by atoms with van der Waals surface area (Å²) in [6.07, 6.45) is 0.432. The summed E-state index contributed by atoms with van der Waals surface area (Å²) in [5.74, 6) is 0.0532. The maximum absolute atomic E-state index is 13.1. The van der Waals surface area contributed by atoms with E-state index in [9.17, 15) is 13.2 Å². The average molecular weight is 310 g/mol. The van der Waals surface area contributed by atoms with Crippen molar-refractivity contribution in [2.45, 2.75) is 18.6 Å². The predicted molar refractivity (Wildman–Crippen MR) is 66.3 cm³/mol. The second-order valence-electron chi connectivity index (χ2n) is 4.33. The molecule has 22 heavy (non-hydrogen) atoms. The number of aromatic nitrogens is 6. The third kappa shape index (κ3) is 2.95. The minimum atomic E-state index is -4.50.